The van der Waals surface area contributed by atoms with Gasteiger partial charge in [0, 0.05) is 51.9 Å². The minimum absolute atomic E-state index is 0.0317. The van der Waals surface area contributed by atoms with Crippen LogP contribution < -0.4 is 5.69 Å². The number of benzene rings is 1. The van der Waals surface area contributed by atoms with Crippen LogP contribution in [0, 0.1) is 12.3 Å². The highest BCUT2D eigenvalue weighted by Gasteiger charge is 2.40. The number of carbonyl (C=O) groups is 1. The second-order valence-electron chi connectivity index (χ2n) is 7.46. The van der Waals surface area contributed by atoms with E-state index in [1.54, 1.807) is 11.0 Å². The van der Waals surface area contributed by atoms with Gasteiger partial charge < -0.3 is 14.9 Å². The number of fused-ring (bicyclic) bond motifs is 1. The number of rotatable bonds is 7. The highest BCUT2D eigenvalue weighted by molar-refractivity contribution is 7.89. The molecule has 1 aromatic heterocycles. The van der Waals surface area contributed by atoms with E-state index in [0.717, 1.165) is 0 Å². The zero-order chi connectivity index (χ0) is 21.4. The van der Waals surface area contributed by atoms with Crippen LogP contribution in [0.4, 0.5) is 0 Å². The van der Waals surface area contributed by atoms with Gasteiger partial charge in [-0.3, -0.25) is 4.79 Å². The maximum absolute atomic E-state index is 13.0. The number of hydrogen-bond donors (Lipinski definition) is 2. The van der Waals surface area contributed by atoms with Crippen LogP contribution in [0.2, 0.25) is 0 Å². The van der Waals surface area contributed by atoms with Gasteiger partial charge >= 0.3 is 5.69 Å². The number of imidazole rings is 1. The zero-order valence-electron chi connectivity index (χ0n) is 16.3. The Morgan fingerprint density at radius 2 is 1.83 bits per heavy atom. The third kappa shape index (κ3) is 4.01. The average Bonchev–Trinajstić information content (AvgIpc) is 3.42. The van der Waals surface area contributed by atoms with Crippen LogP contribution in [-0.4, -0.2) is 65.3 Å². The maximum atomic E-state index is 13.0. The summed E-state index contributed by atoms with van der Waals surface area (Å²) in [4.78, 5) is 30.9. The lowest BCUT2D eigenvalue weighted by Gasteiger charge is -2.34. The number of nitrogens with one attached hydrogen (secondary N) is 2. The highest BCUT2D eigenvalue weighted by Crippen LogP contribution is 2.37. The number of hydrogen-bond acceptors (Lipinski definition) is 6. The molecular weight excluding hydrogens is 408 g/mol. The summed E-state index contributed by atoms with van der Waals surface area (Å²) in [5.41, 5.74) is 0.0954. The monoisotopic (exact) mass is 430 g/mol. The molecule has 0 aliphatic carbocycles. The van der Waals surface area contributed by atoms with Crippen LogP contribution in [0.3, 0.4) is 0 Å². The molecule has 2 aliphatic rings. The van der Waals surface area contributed by atoms with E-state index >= 15 is 0 Å². The number of amides is 1. The van der Waals surface area contributed by atoms with Crippen molar-refractivity contribution < 1.29 is 13.2 Å². The van der Waals surface area contributed by atoms with Crippen LogP contribution in [-0.2, 0) is 14.8 Å². The summed E-state index contributed by atoms with van der Waals surface area (Å²) in [5, 5.41) is 8.07. The van der Waals surface area contributed by atoms with Gasteiger partial charge in [0.05, 0.1) is 15.9 Å². The fraction of sp³-hybridized carbons (Fsp3) is 0.474. The lowest BCUT2D eigenvalue weighted by molar-refractivity contribution is -0.132. The second-order valence-corrected chi connectivity index (χ2v) is 9.40. The first kappa shape index (κ1) is 20.3. The van der Waals surface area contributed by atoms with Crippen LogP contribution in [0.1, 0.15) is 25.7 Å². The van der Waals surface area contributed by atoms with Crippen molar-refractivity contribution >= 4 is 27.0 Å². The van der Waals surface area contributed by atoms with Crippen molar-refractivity contribution in [3.63, 3.8) is 0 Å². The summed E-state index contributed by atoms with van der Waals surface area (Å²) >= 11 is 0. The Hall–Kier alpha value is -2.97. The molecule has 158 valence electrons. The van der Waals surface area contributed by atoms with Gasteiger partial charge in [0.25, 0.3) is 0 Å². The molecule has 11 heteroatoms. The molecule has 1 fully saturated rings. The van der Waals surface area contributed by atoms with Crippen molar-refractivity contribution in [1.29, 1.82) is 0 Å². The van der Waals surface area contributed by atoms with Crippen LogP contribution in [0.5, 0.6) is 0 Å². The Labute approximate surface area is 173 Å². The van der Waals surface area contributed by atoms with E-state index in [2.05, 4.69) is 26.1 Å². The molecule has 4 rings (SSSR count). The van der Waals surface area contributed by atoms with Gasteiger partial charge in [0.2, 0.25) is 15.9 Å². The van der Waals surface area contributed by atoms with E-state index in [9.17, 15) is 18.0 Å². The van der Waals surface area contributed by atoms with E-state index in [1.807, 2.05) is 0 Å². The molecule has 0 spiro atoms. The molecule has 10 nitrogen and oxygen atoms in total. The van der Waals surface area contributed by atoms with E-state index in [-0.39, 0.29) is 29.6 Å². The molecule has 0 atom stereocenters. The minimum Gasteiger partial charge on any atom is -0.340 e. The predicted molar refractivity (Wildman–Crippen MR) is 109 cm³/mol. The molecule has 0 saturated carbocycles. The Bertz CT molecular complexity index is 1190. The third-order valence-electron chi connectivity index (χ3n) is 5.51. The number of aromatic nitrogens is 2. The van der Waals surface area contributed by atoms with Crippen molar-refractivity contribution in [2.45, 2.75) is 36.2 Å². The minimum atomic E-state index is -3.72. The number of piperazine rings is 1. The van der Waals surface area contributed by atoms with E-state index in [1.165, 1.54) is 16.4 Å². The fourth-order valence-electron chi connectivity index (χ4n) is 3.63. The van der Waals surface area contributed by atoms with Gasteiger partial charge in [-0.2, -0.15) is 14.5 Å². The number of nitrogens with zero attached hydrogens (tertiary/aromatic N) is 4. The molecule has 0 bridgehead atoms. The lowest BCUT2D eigenvalue weighted by Crippen LogP contribution is -2.50. The summed E-state index contributed by atoms with van der Waals surface area (Å²) in [6.07, 6.45) is 7.33. The Balaban J connectivity index is 1.34. The molecule has 2 N–H and O–H groups in total. The van der Waals surface area contributed by atoms with Crippen molar-refractivity contribution in [1.82, 2.24) is 19.2 Å². The number of H-pyrrole nitrogens is 2. The van der Waals surface area contributed by atoms with Gasteiger partial charge in [-0.15, -0.1) is 12.3 Å². The molecule has 30 heavy (non-hydrogen) atoms. The summed E-state index contributed by atoms with van der Waals surface area (Å²) in [6.45, 7) is 1.08. The zero-order valence-corrected chi connectivity index (χ0v) is 17.1. The Kier molecular flexibility index (Phi) is 5.21. The summed E-state index contributed by atoms with van der Waals surface area (Å²) in [5.74, 6) is 2.53. The number of sulfonamides is 1. The molecule has 3 heterocycles. The Morgan fingerprint density at radius 1 is 1.13 bits per heavy atom. The van der Waals surface area contributed by atoms with Gasteiger partial charge in [0.1, 0.15) is 0 Å². The van der Waals surface area contributed by atoms with Crippen molar-refractivity contribution in [3.8, 4) is 12.3 Å². The average molecular weight is 430 g/mol. The second kappa shape index (κ2) is 7.70. The fourth-order valence-corrected chi connectivity index (χ4v) is 5.08. The first-order valence-corrected chi connectivity index (χ1v) is 11.1. The van der Waals surface area contributed by atoms with Gasteiger partial charge in [-0.05, 0) is 18.2 Å². The Morgan fingerprint density at radius 3 is 2.50 bits per heavy atom. The first-order chi connectivity index (χ1) is 14.3. The summed E-state index contributed by atoms with van der Waals surface area (Å²) in [7, 11) is -3.72. The van der Waals surface area contributed by atoms with Gasteiger partial charge in [-0.1, -0.05) is 0 Å². The summed E-state index contributed by atoms with van der Waals surface area (Å²) in [6, 6.07) is 4.47. The van der Waals surface area contributed by atoms with E-state index < -0.39 is 15.7 Å². The van der Waals surface area contributed by atoms with Gasteiger partial charge in [0.15, 0.2) is 5.66 Å². The molecule has 1 saturated heterocycles. The number of aromatic amines is 2. The van der Waals surface area contributed by atoms with E-state index in [0.29, 0.717) is 49.8 Å². The maximum Gasteiger partial charge on any atom is 0.323 e. The van der Waals surface area contributed by atoms with Crippen LogP contribution in [0.25, 0.3) is 11.0 Å². The number of carbonyl (C=O) groups excluding carboxylic acids is 1. The molecule has 2 aromatic rings. The van der Waals surface area contributed by atoms with Crippen LogP contribution in [0.15, 0.2) is 38.1 Å². The van der Waals surface area contributed by atoms with Crippen molar-refractivity contribution in [2.75, 3.05) is 26.2 Å². The van der Waals surface area contributed by atoms with Gasteiger partial charge in [-0.25, -0.2) is 13.2 Å². The smallest absolute Gasteiger partial charge is 0.323 e. The molecular formula is C19H22N6O4S. The standard InChI is InChI=1S/C19H22N6O4S/c1-2-3-7-19(22-23-19)8-6-17(26)24-9-11-25(12-10-24)30(28,29)14-4-5-15-16(13-14)21-18(27)20-15/h1,4-5,13H,3,6-12H2,(H2,20,21,27). The topological polar surface area (TPSA) is 131 Å². The summed E-state index contributed by atoms with van der Waals surface area (Å²) < 4.78 is 27.3. The lowest BCUT2D eigenvalue weighted by atomic mass is 10.0. The normalized spacial score (nSPS) is 18.4. The molecule has 0 unspecified atom stereocenters. The van der Waals surface area contributed by atoms with Crippen LogP contribution >= 0.6 is 0 Å². The largest absolute Gasteiger partial charge is 0.340 e. The van der Waals surface area contributed by atoms with E-state index in [4.69, 9.17) is 6.42 Å². The van der Waals surface area contributed by atoms with Crippen molar-refractivity contribution in [2.24, 2.45) is 10.2 Å². The predicted octanol–water partition coefficient (Wildman–Crippen LogP) is 1.04. The molecule has 1 aromatic carbocycles. The van der Waals surface area contributed by atoms with Crippen molar-refractivity contribution in [3.05, 3.63) is 28.7 Å². The quantitative estimate of drug-likeness (QED) is 0.636. The molecule has 1 amide bonds. The molecule has 0 radical (unpaired) electrons. The SMILES string of the molecule is C#CCCC1(CCC(=O)N2CCN(S(=O)(=O)c3ccc4[nH]c(=O)[nH]c4c3)CC2)N=N1. The molecule has 2 aliphatic heterocycles. The highest BCUT2D eigenvalue weighted by atomic mass is 32.2. The number of terminal acetylenes is 1. The first-order valence-electron chi connectivity index (χ1n) is 9.70. The third-order valence-corrected chi connectivity index (χ3v) is 7.40.